The molecule has 1 aliphatic heterocycles. The molecular weight excluding hydrogens is 278 g/mol. The van der Waals surface area contributed by atoms with Gasteiger partial charge in [0.15, 0.2) is 11.6 Å². The standard InChI is InChI=1S/C14H16F2N4O/c1-19-10(6-17-18-19)7-20-8-11(21)5-14(20)9-2-3-12(15)13(16)4-9/h2-4,6,11,14,21H,5,7-8H2,1H3/t11-,14-/m1/s1. The maximum Gasteiger partial charge on any atom is 0.159 e. The third-order valence-corrected chi connectivity index (χ3v) is 3.88. The molecule has 2 aromatic rings. The molecule has 0 spiro atoms. The summed E-state index contributed by atoms with van der Waals surface area (Å²) in [5, 5.41) is 17.6. The highest BCUT2D eigenvalue weighted by atomic mass is 19.2. The number of benzene rings is 1. The second kappa shape index (κ2) is 5.50. The van der Waals surface area contributed by atoms with E-state index in [2.05, 4.69) is 10.3 Å². The zero-order chi connectivity index (χ0) is 15.0. The minimum absolute atomic E-state index is 0.148. The Morgan fingerprint density at radius 3 is 2.81 bits per heavy atom. The molecule has 1 saturated heterocycles. The molecule has 0 aliphatic carbocycles. The van der Waals surface area contributed by atoms with Crippen LogP contribution in [0.2, 0.25) is 0 Å². The molecule has 1 N–H and O–H groups in total. The molecule has 5 nitrogen and oxygen atoms in total. The van der Waals surface area contributed by atoms with Crippen molar-refractivity contribution in [3.05, 3.63) is 47.3 Å². The molecule has 3 rings (SSSR count). The number of hydrogen-bond donors (Lipinski definition) is 1. The predicted octanol–water partition coefficient (Wildman–Crippen LogP) is 1.40. The zero-order valence-corrected chi connectivity index (χ0v) is 11.6. The van der Waals surface area contributed by atoms with E-state index in [9.17, 15) is 13.9 Å². The quantitative estimate of drug-likeness (QED) is 0.930. The summed E-state index contributed by atoms with van der Waals surface area (Å²) >= 11 is 0. The van der Waals surface area contributed by atoms with E-state index in [0.717, 1.165) is 11.8 Å². The minimum atomic E-state index is -0.865. The van der Waals surface area contributed by atoms with Gasteiger partial charge in [-0.05, 0) is 24.1 Å². The minimum Gasteiger partial charge on any atom is -0.392 e. The fourth-order valence-electron chi connectivity index (χ4n) is 2.78. The van der Waals surface area contributed by atoms with Crippen LogP contribution in [0, 0.1) is 11.6 Å². The van der Waals surface area contributed by atoms with E-state index in [1.54, 1.807) is 24.0 Å². The molecule has 0 radical (unpaired) electrons. The number of aryl methyl sites for hydroxylation is 1. The number of hydrogen-bond acceptors (Lipinski definition) is 4. The van der Waals surface area contributed by atoms with E-state index < -0.39 is 17.7 Å². The number of aromatic nitrogens is 3. The molecular formula is C14H16F2N4O. The molecule has 21 heavy (non-hydrogen) atoms. The Balaban J connectivity index is 1.85. The van der Waals surface area contributed by atoms with Crippen LogP contribution < -0.4 is 0 Å². The Morgan fingerprint density at radius 2 is 2.14 bits per heavy atom. The number of aliphatic hydroxyl groups excluding tert-OH is 1. The number of β-amino-alcohol motifs (C(OH)–C–C–N with tert-alkyl or cyclic N) is 1. The second-order valence-electron chi connectivity index (χ2n) is 5.36. The van der Waals surface area contributed by atoms with Gasteiger partial charge in [-0.3, -0.25) is 9.58 Å². The normalized spacial score (nSPS) is 22.9. The lowest BCUT2D eigenvalue weighted by atomic mass is 10.0. The monoisotopic (exact) mass is 294 g/mol. The van der Waals surface area contributed by atoms with Crippen LogP contribution in [-0.4, -0.2) is 37.6 Å². The van der Waals surface area contributed by atoms with E-state index in [1.807, 2.05) is 4.90 Å². The molecule has 0 saturated carbocycles. The molecule has 2 heterocycles. The fourth-order valence-corrected chi connectivity index (χ4v) is 2.78. The molecule has 1 aromatic carbocycles. The maximum atomic E-state index is 13.4. The highest BCUT2D eigenvalue weighted by molar-refractivity contribution is 5.23. The second-order valence-corrected chi connectivity index (χ2v) is 5.36. The molecule has 0 bridgehead atoms. The van der Waals surface area contributed by atoms with Gasteiger partial charge in [0.25, 0.3) is 0 Å². The topological polar surface area (TPSA) is 54.2 Å². The lowest BCUT2D eigenvalue weighted by Crippen LogP contribution is -2.25. The summed E-state index contributed by atoms with van der Waals surface area (Å²) in [6.07, 6.45) is 1.67. The Hall–Kier alpha value is -1.86. The van der Waals surface area contributed by atoms with Gasteiger partial charge in [-0.25, -0.2) is 8.78 Å². The van der Waals surface area contributed by atoms with Gasteiger partial charge in [-0.15, -0.1) is 5.10 Å². The van der Waals surface area contributed by atoms with Crippen LogP contribution in [0.15, 0.2) is 24.4 Å². The number of halogens is 2. The highest BCUT2D eigenvalue weighted by Crippen LogP contribution is 2.33. The van der Waals surface area contributed by atoms with Gasteiger partial charge in [-0.2, -0.15) is 0 Å². The van der Waals surface area contributed by atoms with Crippen LogP contribution in [0.3, 0.4) is 0 Å². The molecule has 1 aromatic heterocycles. The Labute approximate surface area is 120 Å². The first-order valence-corrected chi connectivity index (χ1v) is 6.75. The molecule has 2 atom stereocenters. The van der Waals surface area contributed by atoms with Crippen molar-refractivity contribution in [3.63, 3.8) is 0 Å². The third-order valence-electron chi connectivity index (χ3n) is 3.88. The summed E-state index contributed by atoms with van der Waals surface area (Å²) in [7, 11) is 1.79. The maximum absolute atomic E-state index is 13.4. The van der Waals surface area contributed by atoms with Crippen molar-refractivity contribution < 1.29 is 13.9 Å². The number of likely N-dealkylation sites (tertiary alicyclic amines) is 1. The van der Waals surface area contributed by atoms with Gasteiger partial charge in [0.05, 0.1) is 18.0 Å². The van der Waals surface area contributed by atoms with Gasteiger partial charge in [0.1, 0.15) is 0 Å². The summed E-state index contributed by atoms with van der Waals surface area (Å²) in [5.74, 6) is -1.73. The van der Waals surface area contributed by atoms with Crippen molar-refractivity contribution in [3.8, 4) is 0 Å². The zero-order valence-electron chi connectivity index (χ0n) is 11.6. The van der Waals surface area contributed by atoms with Crippen molar-refractivity contribution in [1.29, 1.82) is 0 Å². The fraction of sp³-hybridized carbons (Fsp3) is 0.429. The van der Waals surface area contributed by atoms with Crippen molar-refractivity contribution in [2.45, 2.75) is 25.1 Å². The lowest BCUT2D eigenvalue weighted by molar-refractivity contribution is 0.171. The van der Waals surface area contributed by atoms with Crippen molar-refractivity contribution >= 4 is 0 Å². The molecule has 1 fully saturated rings. The smallest absolute Gasteiger partial charge is 0.159 e. The highest BCUT2D eigenvalue weighted by Gasteiger charge is 2.32. The Morgan fingerprint density at radius 1 is 1.33 bits per heavy atom. The van der Waals surface area contributed by atoms with E-state index in [1.165, 1.54) is 6.07 Å². The molecule has 0 amide bonds. The van der Waals surface area contributed by atoms with Crippen LogP contribution in [0.4, 0.5) is 8.78 Å². The Bertz CT molecular complexity index is 646. The third kappa shape index (κ3) is 2.79. The van der Waals surface area contributed by atoms with Gasteiger partial charge in [0.2, 0.25) is 0 Å². The average Bonchev–Trinajstić information content (AvgIpc) is 3.00. The summed E-state index contributed by atoms with van der Waals surface area (Å²) < 4.78 is 28.1. The molecule has 0 unspecified atom stereocenters. The van der Waals surface area contributed by atoms with Crippen LogP contribution in [0.25, 0.3) is 0 Å². The van der Waals surface area contributed by atoms with Gasteiger partial charge >= 0.3 is 0 Å². The summed E-state index contributed by atoms with van der Waals surface area (Å²) in [5.41, 5.74) is 1.57. The van der Waals surface area contributed by atoms with E-state index in [-0.39, 0.29) is 6.04 Å². The van der Waals surface area contributed by atoms with E-state index in [0.29, 0.717) is 25.1 Å². The Kier molecular flexibility index (Phi) is 3.69. The molecule has 7 heteroatoms. The van der Waals surface area contributed by atoms with Crippen LogP contribution >= 0.6 is 0 Å². The first kappa shape index (κ1) is 14.1. The van der Waals surface area contributed by atoms with Gasteiger partial charge in [0, 0.05) is 26.2 Å². The van der Waals surface area contributed by atoms with Gasteiger partial charge in [-0.1, -0.05) is 11.3 Å². The number of nitrogens with zero attached hydrogens (tertiary/aromatic N) is 4. The summed E-state index contributed by atoms with van der Waals surface area (Å²) in [4.78, 5) is 2.02. The van der Waals surface area contributed by atoms with Crippen LogP contribution in [0.5, 0.6) is 0 Å². The molecule has 112 valence electrons. The largest absolute Gasteiger partial charge is 0.392 e. The SMILES string of the molecule is Cn1nncc1CN1C[C@H](O)C[C@@H]1c1ccc(F)c(F)c1. The summed E-state index contributed by atoms with van der Waals surface area (Å²) in [6.45, 7) is 1.03. The van der Waals surface area contributed by atoms with Crippen molar-refractivity contribution in [2.24, 2.45) is 7.05 Å². The summed E-state index contributed by atoms with van der Waals surface area (Å²) in [6, 6.07) is 3.74. The van der Waals surface area contributed by atoms with Crippen molar-refractivity contribution in [1.82, 2.24) is 19.9 Å². The predicted molar refractivity (Wildman–Crippen MR) is 71.1 cm³/mol. The number of rotatable bonds is 3. The first-order chi connectivity index (χ1) is 10.0. The van der Waals surface area contributed by atoms with Crippen molar-refractivity contribution in [2.75, 3.05) is 6.54 Å². The average molecular weight is 294 g/mol. The van der Waals surface area contributed by atoms with E-state index >= 15 is 0 Å². The van der Waals surface area contributed by atoms with Crippen LogP contribution in [0.1, 0.15) is 23.7 Å². The van der Waals surface area contributed by atoms with E-state index in [4.69, 9.17) is 0 Å². The molecule has 1 aliphatic rings. The van der Waals surface area contributed by atoms with Crippen LogP contribution in [-0.2, 0) is 13.6 Å². The first-order valence-electron chi connectivity index (χ1n) is 6.75. The number of aliphatic hydroxyl groups is 1. The lowest BCUT2D eigenvalue weighted by Gasteiger charge is -2.24. The van der Waals surface area contributed by atoms with Gasteiger partial charge < -0.3 is 5.11 Å².